The molecular formula is C19H20N2O3S. The fourth-order valence-electron chi connectivity index (χ4n) is 2.06. The van der Waals surface area contributed by atoms with Gasteiger partial charge in [-0.1, -0.05) is 42.5 Å². The Morgan fingerprint density at radius 3 is 2.52 bits per heavy atom. The van der Waals surface area contributed by atoms with E-state index in [1.165, 1.54) is 6.08 Å². The summed E-state index contributed by atoms with van der Waals surface area (Å²) in [5.41, 5.74) is 3.60. The lowest BCUT2D eigenvalue weighted by molar-refractivity contribution is -0.116. The highest BCUT2D eigenvalue weighted by Gasteiger charge is 2.06. The van der Waals surface area contributed by atoms with Crippen LogP contribution in [0.15, 0.2) is 60.7 Å². The molecule has 0 fully saturated rings. The SMILES string of the molecule is C[C@H](CNC(=O)C=Cc1ccccc1)Oc1ccc(C(=S)NO)cc1. The van der Waals surface area contributed by atoms with E-state index < -0.39 is 0 Å². The number of thiocarbonyl (C=S) groups is 1. The van der Waals surface area contributed by atoms with Crippen molar-refractivity contribution in [1.82, 2.24) is 10.8 Å². The predicted octanol–water partition coefficient (Wildman–Crippen LogP) is 2.94. The minimum atomic E-state index is -0.192. The first-order valence-corrected chi connectivity index (χ1v) is 8.21. The van der Waals surface area contributed by atoms with Gasteiger partial charge in [-0.15, -0.1) is 0 Å². The molecule has 0 unspecified atom stereocenters. The third-order valence-electron chi connectivity index (χ3n) is 3.35. The average molecular weight is 356 g/mol. The average Bonchev–Trinajstić information content (AvgIpc) is 2.65. The largest absolute Gasteiger partial charge is 0.489 e. The first-order valence-electron chi connectivity index (χ1n) is 7.80. The lowest BCUT2D eigenvalue weighted by Gasteiger charge is -2.15. The minimum absolute atomic E-state index is 0.172. The van der Waals surface area contributed by atoms with E-state index in [1.54, 1.807) is 30.3 Å². The number of hydrogen-bond donors (Lipinski definition) is 3. The number of hydroxylamine groups is 1. The van der Waals surface area contributed by atoms with Gasteiger partial charge in [0.1, 0.15) is 16.8 Å². The lowest BCUT2D eigenvalue weighted by Crippen LogP contribution is -2.32. The molecule has 0 aliphatic carbocycles. The number of carbonyl (C=O) groups excluding carboxylic acids is 1. The molecule has 25 heavy (non-hydrogen) atoms. The molecule has 0 spiro atoms. The number of benzene rings is 2. The maximum absolute atomic E-state index is 11.8. The molecule has 0 bridgehead atoms. The van der Waals surface area contributed by atoms with Gasteiger partial charge in [-0.25, -0.2) is 0 Å². The molecule has 5 nitrogen and oxygen atoms in total. The molecule has 0 aliphatic heterocycles. The molecule has 130 valence electrons. The summed E-state index contributed by atoms with van der Waals surface area (Å²) in [6.45, 7) is 2.26. The summed E-state index contributed by atoms with van der Waals surface area (Å²) < 4.78 is 5.73. The molecule has 0 saturated heterocycles. The Balaban J connectivity index is 1.78. The summed E-state index contributed by atoms with van der Waals surface area (Å²) in [5.74, 6) is 0.486. The van der Waals surface area contributed by atoms with Gasteiger partial charge in [0.25, 0.3) is 0 Å². The highest BCUT2D eigenvalue weighted by atomic mass is 32.1. The van der Waals surface area contributed by atoms with E-state index in [4.69, 9.17) is 22.2 Å². The molecule has 3 N–H and O–H groups in total. The Morgan fingerprint density at radius 1 is 1.20 bits per heavy atom. The fraction of sp³-hybridized carbons (Fsp3) is 0.158. The van der Waals surface area contributed by atoms with E-state index in [0.29, 0.717) is 17.9 Å². The first kappa shape index (κ1) is 18.6. The molecular weight excluding hydrogens is 336 g/mol. The molecule has 6 heteroatoms. The Morgan fingerprint density at radius 2 is 1.88 bits per heavy atom. The molecule has 0 saturated carbocycles. The molecule has 1 atom stereocenters. The second-order valence-corrected chi connectivity index (χ2v) is 5.79. The fourth-order valence-corrected chi connectivity index (χ4v) is 2.20. The van der Waals surface area contributed by atoms with E-state index in [0.717, 1.165) is 5.56 Å². The zero-order chi connectivity index (χ0) is 18.1. The van der Waals surface area contributed by atoms with Gasteiger partial charge < -0.3 is 10.1 Å². The van der Waals surface area contributed by atoms with Gasteiger partial charge in [-0.2, -0.15) is 0 Å². The van der Waals surface area contributed by atoms with Gasteiger partial charge >= 0.3 is 0 Å². The molecule has 0 aromatic heterocycles. The second kappa shape index (κ2) is 9.56. The summed E-state index contributed by atoms with van der Waals surface area (Å²) in [7, 11) is 0. The van der Waals surface area contributed by atoms with Crippen LogP contribution in [0.1, 0.15) is 18.1 Å². The van der Waals surface area contributed by atoms with Crippen molar-refractivity contribution in [3.05, 3.63) is 71.8 Å². The number of amides is 1. The van der Waals surface area contributed by atoms with Crippen LogP contribution in [-0.2, 0) is 4.79 Å². The Kier molecular flexibility index (Phi) is 7.13. The predicted molar refractivity (Wildman–Crippen MR) is 102 cm³/mol. The van der Waals surface area contributed by atoms with Crippen molar-refractivity contribution in [3.63, 3.8) is 0 Å². The van der Waals surface area contributed by atoms with Crippen LogP contribution in [0.25, 0.3) is 6.08 Å². The first-order chi connectivity index (χ1) is 12.1. The number of rotatable bonds is 7. The number of ether oxygens (including phenoxy) is 1. The highest BCUT2D eigenvalue weighted by molar-refractivity contribution is 7.80. The van der Waals surface area contributed by atoms with E-state index in [-0.39, 0.29) is 17.0 Å². The van der Waals surface area contributed by atoms with Gasteiger partial charge in [-0.3, -0.25) is 15.5 Å². The van der Waals surface area contributed by atoms with Crippen LogP contribution < -0.4 is 15.5 Å². The van der Waals surface area contributed by atoms with Crippen LogP contribution in [0, 0.1) is 0 Å². The van der Waals surface area contributed by atoms with Crippen molar-refractivity contribution in [2.24, 2.45) is 0 Å². The van der Waals surface area contributed by atoms with Crippen LogP contribution in [0.5, 0.6) is 5.75 Å². The van der Waals surface area contributed by atoms with E-state index in [9.17, 15) is 4.79 Å². The number of hydrogen-bond acceptors (Lipinski definition) is 4. The quantitative estimate of drug-likeness (QED) is 0.404. The van der Waals surface area contributed by atoms with Crippen molar-refractivity contribution in [3.8, 4) is 5.75 Å². The maximum atomic E-state index is 11.8. The van der Waals surface area contributed by atoms with E-state index in [1.807, 2.05) is 42.7 Å². The van der Waals surface area contributed by atoms with Crippen molar-refractivity contribution in [1.29, 1.82) is 0 Å². The van der Waals surface area contributed by atoms with Crippen molar-refractivity contribution in [2.45, 2.75) is 13.0 Å². The Bertz CT molecular complexity index is 730. The van der Waals surface area contributed by atoms with Crippen LogP contribution in [0.2, 0.25) is 0 Å². The summed E-state index contributed by atoms with van der Waals surface area (Å²) in [4.78, 5) is 12.1. The number of nitrogens with one attached hydrogen (secondary N) is 2. The molecule has 0 aliphatic rings. The third-order valence-corrected chi connectivity index (χ3v) is 3.67. The Labute approximate surface area is 152 Å². The molecule has 0 radical (unpaired) electrons. The minimum Gasteiger partial charge on any atom is -0.489 e. The highest BCUT2D eigenvalue weighted by Crippen LogP contribution is 2.14. The van der Waals surface area contributed by atoms with Crippen molar-refractivity contribution >= 4 is 29.2 Å². The van der Waals surface area contributed by atoms with Gasteiger partial charge in [0.15, 0.2) is 0 Å². The summed E-state index contributed by atoms with van der Waals surface area (Å²) in [6, 6.07) is 16.6. The monoisotopic (exact) mass is 356 g/mol. The number of carbonyl (C=O) groups is 1. The van der Waals surface area contributed by atoms with Crippen LogP contribution in [0.4, 0.5) is 0 Å². The van der Waals surface area contributed by atoms with Crippen molar-refractivity contribution in [2.75, 3.05) is 6.54 Å². The smallest absolute Gasteiger partial charge is 0.244 e. The molecule has 2 rings (SSSR count). The molecule has 1 amide bonds. The summed E-state index contributed by atoms with van der Waals surface area (Å²) in [6.07, 6.45) is 3.07. The van der Waals surface area contributed by atoms with Gasteiger partial charge in [0.05, 0.1) is 6.54 Å². The molecule has 2 aromatic rings. The standard InChI is InChI=1S/C19H20N2O3S/c1-14(24-17-10-8-16(9-11-17)19(25)21-23)13-20-18(22)12-7-15-5-3-2-4-6-15/h2-12,14,23H,13H2,1H3,(H,20,22)(H,21,25)/t14-/m1/s1. The van der Waals surface area contributed by atoms with E-state index >= 15 is 0 Å². The van der Waals surface area contributed by atoms with Crippen molar-refractivity contribution < 1.29 is 14.7 Å². The van der Waals surface area contributed by atoms with Gasteiger partial charge in [0, 0.05) is 11.6 Å². The van der Waals surface area contributed by atoms with E-state index in [2.05, 4.69) is 5.32 Å². The lowest BCUT2D eigenvalue weighted by atomic mass is 10.2. The summed E-state index contributed by atoms with van der Waals surface area (Å²) >= 11 is 4.93. The van der Waals surface area contributed by atoms with Crippen LogP contribution >= 0.6 is 12.2 Å². The zero-order valence-electron chi connectivity index (χ0n) is 13.8. The normalized spacial score (nSPS) is 11.8. The Hall–Kier alpha value is -2.70. The molecule has 0 heterocycles. The second-order valence-electron chi connectivity index (χ2n) is 5.38. The van der Waals surface area contributed by atoms with Gasteiger partial charge in [0.2, 0.25) is 5.91 Å². The van der Waals surface area contributed by atoms with Crippen LogP contribution in [-0.4, -0.2) is 28.8 Å². The maximum Gasteiger partial charge on any atom is 0.244 e. The molecule has 2 aromatic carbocycles. The third kappa shape index (κ3) is 6.37. The van der Waals surface area contributed by atoms with Gasteiger partial charge in [-0.05, 0) is 42.8 Å². The summed E-state index contributed by atoms with van der Waals surface area (Å²) in [5, 5.41) is 11.6. The topological polar surface area (TPSA) is 70.6 Å². The zero-order valence-corrected chi connectivity index (χ0v) is 14.6. The van der Waals surface area contributed by atoms with Crippen LogP contribution in [0.3, 0.4) is 0 Å².